The first-order valence-corrected chi connectivity index (χ1v) is 7.94. The Balaban J connectivity index is 5.25. The molecule has 0 aromatic carbocycles. The highest BCUT2D eigenvalue weighted by Gasteiger charge is 2.24. The van der Waals surface area contributed by atoms with Crippen LogP contribution in [0.1, 0.15) is 79.1 Å². The van der Waals surface area contributed by atoms with E-state index < -0.39 is 0 Å². The fourth-order valence-corrected chi connectivity index (χ4v) is 2.78. The molecule has 0 rings (SSSR count). The second-order valence-corrected chi connectivity index (χ2v) is 5.20. The molecule has 0 spiro atoms. The number of carbonyl (C=O) groups is 1. The molecule has 0 aliphatic heterocycles. The van der Waals surface area contributed by atoms with Crippen LogP contribution in [-0.4, -0.2) is 13.1 Å². The van der Waals surface area contributed by atoms with Crippen LogP contribution in [0.15, 0.2) is 11.1 Å². The van der Waals surface area contributed by atoms with Crippen LogP contribution >= 0.6 is 0 Å². The van der Waals surface area contributed by atoms with Crippen LogP contribution in [0.4, 0.5) is 0 Å². The van der Waals surface area contributed by atoms with E-state index in [4.69, 9.17) is 4.74 Å². The highest BCUT2D eigenvalue weighted by atomic mass is 16.5. The molecule has 0 bridgehead atoms. The van der Waals surface area contributed by atoms with Gasteiger partial charge in [0.1, 0.15) is 0 Å². The first-order valence-electron chi connectivity index (χ1n) is 7.94. The summed E-state index contributed by atoms with van der Waals surface area (Å²) in [6.45, 7) is 8.76. The molecule has 2 nitrogen and oxygen atoms in total. The van der Waals surface area contributed by atoms with Gasteiger partial charge in [-0.2, -0.15) is 0 Å². The molecule has 112 valence electrons. The van der Waals surface area contributed by atoms with E-state index in [0.717, 1.165) is 51.4 Å². The summed E-state index contributed by atoms with van der Waals surface area (Å²) in [4.78, 5) is 12.1. The van der Waals surface area contributed by atoms with Crippen molar-refractivity contribution in [3.05, 3.63) is 11.1 Å². The predicted molar refractivity (Wildman–Crippen MR) is 82.2 cm³/mol. The largest absolute Gasteiger partial charge is 0.469 e. The van der Waals surface area contributed by atoms with Crippen LogP contribution < -0.4 is 0 Å². The topological polar surface area (TPSA) is 26.3 Å². The summed E-state index contributed by atoms with van der Waals surface area (Å²) in [6, 6.07) is 0. The molecule has 1 atom stereocenters. The Bertz CT molecular complexity index is 271. The number of carbonyl (C=O) groups excluding carboxylic acids is 1. The second kappa shape index (κ2) is 11.1. The fraction of sp³-hybridized carbons (Fsp3) is 0.824. The lowest BCUT2D eigenvalue weighted by Gasteiger charge is -2.21. The van der Waals surface area contributed by atoms with Gasteiger partial charge < -0.3 is 4.74 Å². The van der Waals surface area contributed by atoms with Crippen molar-refractivity contribution in [2.45, 2.75) is 79.1 Å². The zero-order valence-corrected chi connectivity index (χ0v) is 13.6. The molecule has 0 N–H and O–H groups in total. The van der Waals surface area contributed by atoms with Crippen molar-refractivity contribution in [2.24, 2.45) is 5.92 Å². The summed E-state index contributed by atoms with van der Waals surface area (Å²) >= 11 is 0. The maximum Gasteiger partial charge on any atom is 0.312 e. The SMILES string of the molecule is CCCCC(C(=O)OC)C(CC)=C(CCC)CCC. The van der Waals surface area contributed by atoms with Crippen LogP contribution in [0.25, 0.3) is 0 Å². The molecule has 0 heterocycles. The van der Waals surface area contributed by atoms with Crippen LogP contribution in [0.2, 0.25) is 0 Å². The lowest BCUT2D eigenvalue weighted by atomic mass is 9.85. The molecule has 2 heteroatoms. The number of ether oxygens (including phenoxy) is 1. The summed E-state index contributed by atoms with van der Waals surface area (Å²) < 4.78 is 5.03. The number of esters is 1. The van der Waals surface area contributed by atoms with Gasteiger partial charge in [0.2, 0.25) is 0 Å². The fourth-order valence-electron chi connectivity index (χ4n) is 2.78. The van der Waals surface area contributed by atoms with Gasteiger partial charge in [0.15, 0.2) is 0 Å². The Morgan fingerprint density at radius 1 is 1.00 bits per heavy atom. The summed E-state index contributed by atoms with van der Waals surface area (Å²) in [5.74, 6) is -0.0574. The molecule has 0 aliphatic carbocycles. The molecule has 0 aliphatic rings. The summed E-state index contributed by atoms with van der Waals surface area (Å²) in [6.07, 6.45) is 8.67. The third-order valence-corrected chi connectivity index (χ3v) is 3.69. The quantitative estimate of drug-likeness (QED) is 0.398. The smallest absolute Gasteiger partial charge is 0.312 e. The molecule has 0 saturated carbocycles. The first kappa shape index (κ1) is 18.2. The van der Waals surface area contributed by atoms with Crippen LogP contribution in [0.3, 0.4) is 0 Å². The van der Waals surface area contributed by atoms with Gasteiger partial charge in [-0.05, 0) is 25.7 Å². The molecule has 19 heavy (non-hydrogen) atoms. The number of methoxy groups -OCH3 is 1. The van der Waals surface area contributed by atoms with Crippen molar-refractivity contribution in [2.75, 3.05) is 7.11 Å². The number of hydrogen-bond acceptors (Lipinski definition) is 2. The van der Waals surface area contributed by atoms with E-state index in [0.29, 0.717) is 0 Å². The first-order chi connectivity index (χ1) is 9.15. The molecule has 0 amide bonds. The minimum Gasteiger partial charge on any atom is -0.469 e. The number of rotatable bonds is 10. The molecule has 0 aromatic heterocycles. The molecule has 1 unspecified atom stereocenters. The van der Waals surface area contributed by atoms with E-state index in [1.54, 1.807) is 0 Å². The van der Waals surface area contributed by atoms with Crippen molar-refractivity contribution in [1.29, 1.82) is 0 Å². The van der Waals surface area contributed by atoms with Crippen molar-refractivity contribution >= 4 is 5.97 Å². The van der Waals surface area contributed by atoms with Gasteiger partial charge in [-0.25, -0.2) is 0 Å². The predicted octanol–water partition coefficient (Wildman–Crippen LogP) is 5.27. The lowest BCUT2D eigenvalue weighted by molar-refractivity contribution is -0.144. The minimum atomic E-state index is -0.0463. The van der Waals surface area contributed by atoms with E-state index in [-0.39, 0.29) is 11.9 Å². The third kappa shape index (κ3) is 6.26. The Kier molecular flexibility index (Phi) is 10.6. The van der Waals surface area contributed by atoms with Crippen LogP contribution in [-0.2, 0) is 9.53 Å². The van der Waals surface area contributed by atoms with Crippen molar-refractivity contribution in [3.8, 4) is 0 Å². The van der Waals surface area contributed by atoms with Gasteiger partial charge in [-0.15, -0.1) is 0 Å². The summed E-state index contributed by atoms with van der Waals surface area (Å²) in [7, 11) is 1.51. The van der Waals surface area contributed by atoms with Crippen molar-refractivity contribution in [3.63, 3.8) is 0 Å². The van der Waals surface area contributed by atoms with Gasteiger partial charge in [0, 0.05) is 0 Å². The van der Waals surface area contributed by atoms with Crippen molar-refractivity contribution < 1.29 is 9.53 Å². The molecule has 0 aromatic rings. The highest BCUT2D eigenvalue weighted by Crippen LogP contribution is 2.30. The van der Waals surface area contributed by atoms with E-state index in [2.05, 4.69) is 27.7 Å². The third-order valence-electron chi connectivity index (χ3n) is 3.69. The van der Waals surface area contributed by atoms with Crippen LogP contribution in [0.5, 0.6) is 0 Å². The second-order valence-electron chi connectivity index (χ2n) is 5.20. The lowest BCUT2D eigenvalue weighted by Crippen LogP contribution is -2.20. The average molecular weight is 268 g/mol. The monoisotopic (exact) mass is 268 g/mol. The molecule has 0 fully saturated rings. The van der Waals surface area contributed by atoms with Gasteiger partial charge in [-0.3, -0.25) is 4.79 Å². The van der Waals surface area contributed by atoms with Gasteiger partial charge in [0.25, 0.3) is 0 Å². The Morgan fingerprint density at radius 3 is 1.95 bits per heavy atom. The summed E-state index contributed by atoms with van der Waals surface area (Å²) in [5.41, 5.74) is 2.85. The number of unbranched alkanes of at least 4 members (excludes halogenated alkanes) is 1. The number of hydrogen-bond donors (Lipinski definition) is 0. The molecule has 0 radical (unpaired) electrons. The molecular formula is C17H32O2. The molecular weight excluding hydrogens is 236 g/mol. The van der Waals surface area contributed by atoms with E-state index in [1.165, 1.54) is 18.3 Å². The zero-order valence-electron chi connectivity index (χ0n) is 13.6. The maximum atomic E-state index is 12.1. The van der Waals surface area contributed by atoms with Crippen LogP contribution in [0, 0.1) is 5.92 Å². The minimum absolute atomic E-state index is 0.0111. The Labute approximate surface area is 119 Å². The Hall–Kier alpha value is -0.790. The van der Waals surface area contributed by atoms with E-state index in [1.807, 2.05) is 0 Å². The van der Waals surface area contributed by atoms with E-state index in [9.17, 15) is 4.79 Å². The van der Waals surface area contributed by atoms with Crippen molar-refractivity contribution in [1.82, 2.24) is 0 Å². The Morgan fingerprint density at radius 2 is 1.58 bits per heavy atom. The maximum absolute atomic E-state index is 12.1. The molecule has 0 saturated heterocycles. The van der Waals surface area contributed by atoms with E-state index >= 15 is 0 Å². The zero-order chi connectivity index (χ0) is 14.7. The normalized spacial score (nSPS) is 12.1. The standard InChI is InChI=1S/C17H32O2/c1-6-10-13-16(17(18)19-5)15(9-4)14(11-7-2)12-8-3/h16H,6-13H2,1-5H3. The van der Waals surface area contributed by atoms with Gasteiger partial charge in [0.05, 0.1) is 13.0 Å². The number of allylic oxidation sites excluding steroid dienone is 1. The highest BCUT2D eigenvalue weighted by molar-refractivity contribution is 5.75. The van der Waals surface area contributed by atoms with Gasteiger partial charge >= 0.3 is 5.97 Å². The summed E-state index contributed by atoms with van der Waals surface area (Å²) in [5, 5.41) is 0. The average Bonchev–Trinajstić information content (AvgIpc) is 2.42. The van der Waals surface area contributed by atoms with Gasteiger partial charge in [-0.1, -0.05) is 64.5 Å².